The first kappa shape index (κ1) is 30.3. The van der Waals surface area contributed by atoms with Crippen molar-refractivity contribution in [3.63, 3.8) is 0 Å². The van der Waals surface area contributed by atoms with Crippen molar-refractivity contribution in [2.45, 2.75) is 72.1 Å². The summed E-state index contributed by atoms with van der Waals surface area (Å²) in [5, 5.41) is 0. The molecule has 1 aromatic heterocycles. The topological polar surface area (TPSA) is 72.9 Å². The highest BCUT2D eigenvalue weighted by Crippen LogP contribution is 2.65. The Morgan fingerprint density at radius 3 is 2.26 bits per heavy atom. The van der Waals surface area contributed by atoms with Gasteiger partial charge >= 0.3 is 0 Å². The molecular weight excluding hydrogens is 572 g/mol. The predicted molar refractivity (Wildman–Crippen MR) is 183 cm³/mol. The summed E-state index contributed by atoms with van der Waals surface area (Å²) >= 11 is 0. The molecule has 8 heteroatoms. The van der Waals surface area contributed by atoms with Crippen LogP contribution >= 0.6 is 0 Å². The van der Waals surface area contributed by atoms with Crippen LogP contribution in [0.3, 0.4) is 0 Å². The van der Waals surface area contributed by atoms with Gasteiger partial charge < -0.3 is 14.7 Å². The molecule has 5 fully saturated rings. The van der Waals surface area contributed by atoms with E-state index in [1.807, 2.05) is 6.08 Å². The quantitative estimate of drug-likeness (QED) is 0.387. The van der Waals surface area contributed by atoms with E-state index in [9.17, 15) is 9.59 Å². The lowest BCUT2D eigenvalue weighted by Crippen LogP contribution is -2.51. The van der Waals surface area contributed by atoms with E-state index < -0.39 is 0 Å². The zero-order valence-electron chi connectivity index (χ0n) is 28.2. The number of fused-ring (bicyclic) bond motifs is 5. The molecule has 8 nitrogen and oxygen atoms in total. The van der Waals surface area contributed by atoms with Crippen molar-refractivity contribution in [3.8, 4) is 0 Å². The van der Waals surface area contributed by atoms with Crippen molar-refractivity contribution >= 4 is 29.2 Å². The van der Waals surface area contributed by atoms with Gasteiger partial charge in [-0.2, -0.15) is 9.97 Å². The monoisotopic (exact) mass is 624 g/mol. The summed E-state index contributed by atoms with van der Waals surface area (Å²) in [6, 6.07) is 2.21. The van der Waals surface area contributed by atoms with Crippen LogP contribution in [-0.2, 0) is 9.59 Å². The maximum Gasteiger partial charge on any atom is 0.229 e. The Balaban J connectivity index is 0.947. The number of carbonyl (C=O) groups excluding carboxylic acids is 2. The molecule has 3 aliphatic heterocycles. The number of rotatable bonds is 6. The normalized spacial score (nSPS) is 36.0. The van der Waals surface area contributed by atoms with Crippen molar-refractivity contribution in [2.75, 3.05) is 73.6 Å². The van der Waals surface area contributed by atoms with Crippen LogP contribution in [0.2, 0.25) is 0 Å². The second-order valence-corrected chi connectivity index (χ2v) is 15.9. The third-order valence-corrected chi connectivity index (χ3v) is 13.2. The van der Waals surface area contributed by atoms with Crippen molar-refractivity contribution < 1.29 is 9.59 Å². The number of piperazine rings is 1. The fourth-order valence-corrected chi connectivity index (χ4v) is 10.8. The minimum Gasteiger partial charge on any atom is -0.356 e. The fraction of sp³-hybridized carbons (Fsp3) is 0.684. The molecule has 4 aliphatic carbocycles. The van der Waals surface area contributed by atoms with E-state index in [1.54, 1.807) is 6.08 Å². The minimum absolute atomic E-state index is 0.0111. The van der Waals surface area contributed by atoms with E-state index in [4.69, 9.17) is 9.97 Å². The highest BCUT2D eigenvalue weighted by Gasteiger charge is 2.59. The molecule has 2 saturated carbocycles. The number of Topliss-reactive ketones (excluding diaryl/α,β-unsaturated/α-hetero) is 1. The van der Waals surface area contributed by atoms with Crippen LogP contribution in [0.15, 0.2) is 41.5 Å². The van der Waals surface area contributed by atoms with E-state index >= 15 is 0 Å². The van der Waals surface area contributed by atoms with E-state index in [-0.39, 0.29) is 22.5 Å². The Hall–Kier alpha value is -3.00. The van der Waals surface area contributed by atoms with E-state index in [2.05, 4.69) is 58.6 Å². The first-order chi connectivity index (χ1) is 22.2. The molecule has 0 aromatic carbocycles. The Morgan fingerprint density at radius 1 is 0.913 bits per heavy atom. The maximum absolute atomic E-state index is 14.2. The molecule has 46 heavy (non-hydrogen) atoms. The van der Waals surface area contributed by atoms with E-state index in [0.717, 1.165) is 95.6 Å². The summed E-state index contributed by atoms with van der Waals surface area (Å²) in [6.45, 7) is 15.4. The van der Waals surface area contributed by atoms with Gasteiger partial charge in [-0.15, -0.1) is 0 Å². The molecule has 0 bridgehead atoms. The zero-order chi connectivity index (χ0) is 31.6. The molecule has 0 N–H and O–H groups in total. The molecule has 0 radical (unpaired) electrons. The summed E-state index contributed by atoms with van der Waals surface area (Å²) in [5.41, 5.74) is 2.68. The van der Waals surface area contributed by atoms with E-state index in [0.29, 0.717) is 30.1 Å². The van der Waals surface area contributed by atoms with Crippen LogP contribution < -0.4 is 14.7 Å². The Morgan fingerprint density at radius 2 is 1.57 bits per heavy atom. The van der Waals surface area contributed by atoms with Crippen LogP contribution in [0.4, 0.5) is 17.6 Å². The molecule has 7 aliphatic rings. The second kappa shape index (κ2) is 11.6. The van der Waals surface area contributed by atoms with Crippen molar-refractivity contribution in [2.24, 2.45) is 34.5 Å². The average molecular weight is 625 g/mol. The molecule has 4 heterocycles. The largest absolute Gasteiger partial charge is 0.356 e. The summed E-state index contributed by atoms with van der Waals surface area (Å²) < 4.78 is 0. The maximum atomic E-state index is 14.2. The van der Waals surface area contributed by atoms with Crippen LogP contribution in [0.1, 0.15) is 72.1 Å². The molecule has 246 valence electrons. The number of ketones is 2. The summed E-state index contributed by atoms with van der Waals surface area (Å²) in [4.78, 5) is 46.1. The van der Waals surface area contributed by atoms with Crippen LogP contribution in [-0.4, -0.2) is 85.3 Å². The number of anilines is 3. The van der Waals surface area contributed by atoms with Crippen molar-refractivity contribution in [3.05, 3.63) is 41.5 Å². The average Bonchev–Trinajstić information content (AvgIpc) is 3.83. The smallest absolute Gasteiger partial charge is 0.229 e. The van der Waals surface area contributed by atoms with Gasteiger partial charge in [-0.3, -0.25) is 14.5 Å². The zero-order valence-corrected chi connectivity index (χ0v) is 28.2. The highest BCUT2D eigenvalue weighted by molar-refractivity contribution is 6.01. The van der Waals surface area contributed by atoms with E-state index in [1.165, 1.54) is 36.8 Å². The fourth-order valence-electron chi connectivity index (χ4n) is 10.8. The van der Waals surface area contributed by atoms with Gasteiger partial charge in [0.1, 0.15) is 11.6 Å². The standard InChI is InChI=1S/C38H52N6O2/c1-26-22-31-29-9-8-27-23-28(45)10-12-37(27,2)30(29)11-13-38(31,3)35(26)32(46)25-41-18-20-43(21-19-41)34-24-33(42-14-4-5-15-42)39-36(40-34)44-16-6-7-17-44/h10-12,23-24,26,29,31,35H,4-9,13-22,25H2,1-3H3/t26-,29-,31+,35-,37+,38+/m1/s1. The molecule has 1 aromatic rings. The Kier molecular flexibility index (Phi) is 7.65. The van der Waals surface area contributed by atoms with Gasteiger partial charge in [0.2, 0.25) is 5.95 Å². The third kappa shape index (κ3) is 5.05. The summed E-state index contributed by atoms with van der Waals surface area (Å²) in [6.07, 6.45) is 17.4. The van der Waals surface area contributed by atoms with Crippen LogP contribution in [0, 0.1) is 34.5 Å². The molecule has 0 amide bonds. The molecular formula is C38H52N6O2. The molecule has 3 saturated heterocycles. The predicted octanol–water partition coefficient (Wildman–Crippen LogP) is 5.46. The molecule has 8 rings (SSSR count). The first-order valence-corrected chi connectivity index (χ1v) is 18.3. The Labute approximate surface area is 275 Å². The Bertz CT molecular complexity index is 1450. The minimum atomic E-state index is -0.128. The third-order valence-electron chi connectivity index (χ3n) is 13.2. The van der Waals surface area contributed by atoms with Gasteiger partial charge in [0.05, 0.1) is 6.54 Å². The van der Waals surface area contributed by atoms with Gasteiger partial charge in [-0.1, -0.05) is 37.1 Å². The molecule has 0 unspecified atom stereocenters. The number of hydrogen-bond acceptors (Lipinski definition) is 8. The van der Waals surface area contributed by atoms with Gasteiger partial charge in [0.15, 0.2) is 11.6 Å². The molecule has 0 spiro atoms. The SMILES string of the molecule is C[C@@H]1C[C@H]2[C@@H]3CCC4=CC(=O)C=C[C@]4(C)C3=CC[C@]2(C)[C@H]1C(=O)CN1CCN(c2cc(N3CCCC3)nc(N3CCCC3)n2)CC1. The number of aromatic nitrogens is 2. The van der Waals surface area contributed by atoms with Crippen LogP contribution in [0.5, 0.6) is 0 Å². The second-order valence-electron chi connectivity index (χ2n) is 15.9. The van der Waals surface area contributed by atoms with Crippen molar-refractivity contribution in [1.82, 2.24) is 14.9 Å². The first-order valence-electron chi connectivity index (χ1n) is 18.3. The number of hydrogen-bond donors (Lipinski definition) is 0. The lowest BCUT2D eigenvalue weighted by Gasteiger charge is -2.52. The van der Waals surface area contributed by atoms with Crippen LogP contribution in [0.25, 0.3) is 0 Å². The van der Waals surface area contributed by atoms with Gasteiger partial charge in [0.25, 0.3) is 0 Å². The highest BCUT2D eigenvalue weighted by atomic mass is 16.1. The van der Waals surface area contributed by atoms with Gasteiger partial charge in [0, 0.05) is 69.8 Å². The number of allylic oxidation sites excluding steroid dienone is 6. The summed E-state index contributed by atoms with van der Waals surface area (Å²) in [5.74, 6) is 5.14. The number of carbonyl (C=O) groups is 2. The molecule has 6 atom stereocenters. The van der Waals surface area contributed by atoms with Crippen molar-refractivity contribution in [1.29, 1.82) is 0 Å². The van der Waals surface area contributed by atoms with Gasteiger partial charge in [-0.05, 0) is 93.6 Å². The number of nitrogens with zero attached hydrogens (tertiary/aromatic N) is 6. The lowest BCUT2D eigenvalue weighted by molar-refractivity contribution is -0.129. The lowest BCUT2D eigenvalue weighted by atomic mass is 9.52. The summed E-state index contributed by atoms with van der Waals surface area (Å²) in [7, 11) is 0. The van der Waals surface area contributed by atoms with Gasteiger partial charge in [-0.25, -0.2) is 0 Å².